The minimum Gasteiger partial charge on any atom is -0.373 e. The molecule has 3 aromatic heterocycles. The summed E-state index contributed by atoms with van der Waals surface area (Å²) in [5.41, 5.74) is 2.28. The molecular weight excluding hydrogens is 344 g/mol. The van der Waals surface area contributed by atoms with Gasteiger partial charge >= 0.3 is 0 Å². The van der Waals surface area contributed by atoms with Gasteiger partial charge in [-0.05, 0) is 42.2 Å². The molecule has 0 aliphatic carbocycles. The van der Waals surface area contributed by atoms with E-state index in [-0.39, 0.29) is 5.41 Å². The van der Waals surface area contributed by atoms with E-state index in [9.17, 15) is 0 Å². The zero-order valence-corrected chi connectivity index (χ0v) is 16.7. The third-order valence-electron chi connectivity index (χ3n) is 4.45. The lowest BCUT2D eigenvalue weighted by atomic mass is 9.88. The minimum atomic E-state index is 0.216. The van der Waals surface area contributed by atoms with E-state index in [0.29, 0.717) is 6.04 Å². The third kappa shape index (κ3) is 4.47. The fraction of sp³-hybridized carbons (Fsp3) is 0.421. The van der Waals surface area contributed by atoms with Crippen LogP contribution in [0.1, 0.15) is 33.3 Å². The molecular formula is C19H26N6S. The van der Waals surface area contributed by atoms with Gasteiger partial charge in [-0.3, -0.25) is 0 Å². The second-order valence-corrected chi connectivity index (χ2v) is 8.41. The number of nitrogens with one attached hydrogen (secondary N) is 3. The Hall–Kier alpha value is -2.25. The molecule has 3 rings (SSSR count). The van der Waals surface area contributed by atoms with Crippen LogP contribution in [-0.4, -0.2) is 28.0 Å². The zero-order valence-electron chi connectivity index (χ0n) is 15.9. The summed E-state index contributed by atoms with van der Waals surface area (Å²) in [6, 6.07) is 8.38. The lowest BCUT2D eigenvalue weighted by Gasteiger charge is -2.28. The molecule has 0 aliphatic heterocycles. The molecule has 6 nitrogen and oxygen atoms in total. The van der Waals surface area contributed by atoms with E-state index in [1.807, 2.05) is 19.2 Å². The van der Waals surface area contributed by atoms with Gasteiger partial charge < -0.3 is 16.0 Å². The summed E-state index contributed by atoms with van der Waals surface area (Å²) in [6.07, 6.45) is 1.78. The lowest BCUT2D eigenvalue weighted by molar-refractivity contribution is 0.285. The van der Waals surface area contributed by atoms with Crippen LogP contribution < -0.4 is 16.0 Å². The molecule has 0 spiro atoms. The van der Waals surface area contributed by atoms with Crippen LogP contribution in [-0.2, 0) is 6.54 Å². The molecule has 0 saturated heterocycles. The number of rotatable bonds is 6. The first kappa shape index (κ1) is 18.5. The van der Waals surface area contributed by atoms with Crippen LogP contribution >= 0.6 is 11.3 Å². The zero-order chi connectivity index (χ0) is 18.7. The average Bonchev–Trinajstić information content (AvgIpc) is 3.00. The molecule has 0 radical (unpaired) electrons. The Balaban J connectivity index is 1.78. The first-order valence-corrected chi connectivity index (χ1v) is 9.57. The Bertz CT molecular complexity index is 850. The first-order chi connectivity index (χ1) is 12.3. The van der Waals surface area contributed by atoms with Crippen molar-refractivity contribution in [3.8, 4) is 0 Å². The third-order valence-corrected chi connectivity index (χ3v) is 5.35. The number of hydrogen-bond donors (Lipinski definition) is 3. The summed E-state index contributed by atoms with van der Waals surface area (Å²) in [6.45, 7) is 9.72. The van der Waals surface area contributed by atoms with E-state index < -0.39 is 0 Å². The summed E-state index contributed by atoms with van der Waals surface area (Å²) in [5, 5.41) is 10.8. The second kappa shape index (κ2) is 7.55. The van der Waals surface area contributed by atoms with Crippen molar-refractivity contribution in [1.29, 1.82) is 0 Å². The van der Waals surface area contributed by atoms with Crippen LogP contribution in [0.15, 0.2) is 30.5 Å². The normalized spacial score (nSPS) is 13.0. The predicted molar refractivity (Wildman–Crippen MR) is 110 cm³/mol. The highest BCUT2D eigenvalue weighted by Crippen LogP contribution is 2.27. The molecule has 0 fully saturated rings. The van der Waals surface area contributed by atoms with E-state index in [0.717, 1.165) is 33.7 Å². The summed E-state index contributed by atoms with van der Waals surface area (Å²) in [4.78, 5) is 14.4. The van der Waals surface area contributed by atoms with Gasteiger partial charge in [-0.25, -0.2) is 15.0 Å². The Morgan fingerprint density at radius 3 is 2.62 bits per heavy atom. The molecule has 0 amide bonds. The maximum atomic E-state index is 4.59. The molecule has 0 bridgehead atoms. The second-order valence-electron chi connectivity index (χ2n) is 7.44. The summed E-state index contributed by atoms with van der Waals surface area (Å²) >= 11 is 1.52. The van der Waals surface area contributed by atoms with E-state index in [1.54, 1.807) is 6.20 Å². The van der Waals surface area contributed by atoms with Gasteiger partial charge in [-0.15, -0.1) is 0 Å². The molecule has 7 heteroatoms. The van der Waals surface area contributed by atoms with Crippen LogP contribution in [0.4, 0.5) is 16.8 Å². The van der Waals surface area contributed by atoms with Gasteiger partial charge in [0.2, 0.25) is 0 Å². The van der Waals surface area contributed by atoms with Gasteiger partial charge in [0.1, 0.15) is 22.0 Å². The summed E-state index contributed by atoms with van der Waals surface area (Å²) < 4.78 is 0. The fourth-order valence-electron chi connectivity index (χ4n) is 2.39. The molecule has 3 heterocycles. The molecule has 0 unspecified atom stereocenters. The molecule has 0 saturated carbocycles. The smallest absolute Gasteiger partial charge is 0.190 e. The van der Waals surface area contributed by atoms with Crippen molar-refractivity contribution in [2.75, 3.05) is 17.7 Å². The predicted octanol–water partition coefficient (Wildman–Crippen LogP) is 4.40. The topological polar surface area (TPSA) is 74.8 Å². The Morgan fingerprint density at radius 2 is 1.92 bits per heavy atom. The van der Waals surface area contributed by atoms with Crippen LogP contribution in [0.3, 0.4) is 0 Å². The highest BCUT2D eigenvalue weighted by atomic mass is 32.1. The van der Waals surface area contributed by atoms with Gasteiger partial charge in [0.25, 0.3) is 0 Å². The van der Waals surface area contributed by atoms with E-state index in [1.165, 1.54) is 16.9 Å². The standard InChI is InChI=1S/C19H26N6S/c1-12(19(2,3)4)22-11-13-9-15(20-5)24-16(10-13)25-18-23-14-7-6-8-21-17(14)26-18/h6-10,12,22H,11H2,1-5H3,(H2,20,23,24,25)/t12-/m0/s1. The minimum absolute atomic E-state index is 0.216. The maximum absolute atomic E-state index is 4.59. The average molecular weight is 371 g/mol. The molecule has 1 atom stereocenters. The van der Waals surface area contributed by atoms with Gasteiger partial charge in [-0.1, -0.05) is 32.1 Å². The molecule has 3 aromatic rings. The van der Waals surface area contributed by atoms with Crippen molar-refractivity contribution in [2.45, 2.75) is 40.3 Å². The van der Waals surface area contributed by atoms with Crippen LogP contribution in [0.5, 0.6) is 0 Å². The Morgan fingerprint density at radius 1 is 1.15 bits per heavy atom. The summed E-state index contributed by atoms with van der Waals surface area (Å²) in [7, 11) is 1.88. The van der Waals surface area contributed by atoms with Crippen LogP contribution in [0.2, 0.25) is 0 Å². The highest BCUT2D eigenvalue weighted by Gasteiger charge is 2.19. The quantitative estimate of drug-likeness (QED) is 0.597. The molecule has 0 aliphatic rings. The van der Waals surface area contributed by atoms with Crippen molar-refractivity contribution in [2.24, 2.45) is 5.41 Å². The lowest BCUT2D eigenvalue weighted by Crippen LogP contribution is -2.37. The van der Waals surface area contributed by atoms with E-state index >= 15 is 0 Å². The molecule has 0 aromatic carbocycles. The van der Waals surface area contributed by atoms with Crippen LogP contribution in [0, 0.1) is 5.41 Å². The van der Waals surface area contributed by atoms with Gasteiger partial charge in [0.05, 0.1) is 0 Å². The van der Waals surface area contributed by atoms with Gasteiger partial charge in [0.15, 0.2) is 5.13 Å². The molecule has 3 N–H and O–H groups in total. The van der Waals surface area contributed by atoms with Crippen molar-refractivity contribution < 1.29 is 0 Å². The number of aromatic nitrogens is 3. The Labute approximate surface area is 158 Å². The monoisotopic (exact) mass is 370 g/mol. The van der Waals surface area contributed by atoms with Crippen LogP contribution in [0.25, 0.3) is 10.3 Å². The van der Waals surface area contributed by atoms with Gasteiger partial charge in [-0.2, -0.15) is 0 Å². The van der Waals surface area contributed by atoms with E-state index in [4.69, 9.17) is 0 Å². The Kier molecular flexibility index (Phi) is 5.38. The van der Waals surface area contributed by atoms with Crippen molar-refractivity contribution >= 4 is 38.5 Å². The highest BCUT2D eigenvalue weighted by molar-refractivity contribution is 7.21. The number of nitrogens with zero attached hydrogens (tertiary/aromatic N) is 3. The van der Waals surface area contributed by atoms with Crippen molar-refractivity contribution in [1.82, 2.24) is 20.3 Å². The van der Waals surface area contributed by atoms with E-state index in [2.05, 4.69) is 70.7 Å². The largest absolute Gasteiger partial charge is 0.373 e. The summed E-state index contributed by atoms with van der Waals surface area (Å²) in [5.74, 6) is 1.60. The van der Waals surface area contributed by atoms with Crippen molar-refractivity contribution in [3.05, 3.63) is 36.0 Å². The number of thiazole rings is 1. The fourth-order valence-corrected chi connectivity index (χ4v) is 3.21. The molecule has 26 heavy (non-hydrogen) atoms. The first-order valence-electron chi connectivity index (χ1n) is 8.76. The number of pyridine rings is 2. The number of anilines is 3. The van der Waals surface area contributed by atoms with Crippen molar-refractivity contribution in [3.63, 3.8) is 0 Å². The molecule has 138 valence electrons. The maximum Gasteiger partial charge on any atom is 0.190 e. The number of fused-ring (bicyclic) bond motifs is 1. The van der Waals surface area contributed by atoms with Gasteiger partial charge in [0, 0.05) is 25.8 Å². The number of hydrogen-bond acceptors (Lipinski definition) is 7. The SMILES string of the molecule is CNc1cc(CN[C@@H](C)C(C)(C)C)cc(Nc2nc3cccnc3s2)n1.